The lowest BCUT2D eigenvalue weighted by atomic mass is 9.89. The van der Waals surface area contributed by atoms with Crippen LogP contribution in [0.2, 0.25) is 0 Å². The molecule has 0 saturated carbocycles. The van der Waals surface area contributed by atoms with E-state index in [9.17, 15) is 4.79 Å². The molecular weight excluding hydrogens is 364 g/mol. The van der Waals surface area contributed by atoms with Crippen LogP contribution in [0.4, 0.5) is 0 Å². The number of imidazole rings is 1. The molecule has 18 heavy (non-hydrogen) atoms. The highest BCUT2D eigenvalue weighted by Crippen LogP contribution is 2.29. The standard InChI is InChI=1S/C11H14Br2N4O/c1-5-2-14-3-6(5)7-4-17-8(10(18)15-7)9(12)16-11(17)13/h5-7,14H,2-4H2,1H3,(H,15,18)/t5-,6-,7?/m1/s1. The number of amides is 1. The van der Waals surface area contributed by atoms with Gasteiger partial charge in [0, 0.05) is 13.1 Å². The first-order chi connectivity index (χ1) is 8.58. The summed E-state index contributed by atoms with van der Waals surface area (Å²) in [6.07, 6.45) is 0. The number of nitrogens with one attached hydrogen (secondary N) is 2. The van der Waals surface area contributed by atoms with E-state index >= 15 is 0 Å². The molecule has 1 amide bonds. The number of rotatable bonds is 1. The summed E-state index contributed by atoms with van der Waals surface area (Å²) in [4.78, 5) is 16.4. The quantitative estimate of drug-likeness (QED) is 0.777. The molecule has 3 atom stereocenters. The highest BCUT2D eigenvalue weighted by atomic mass is 79.9. The smallest absolute Gasteiger partial charge is 0.271 e. The third kappa shape index (κ3) is 1.92. The molecule has 3 heterocycles. The maximum absolute atomic E-state index is 12.2. The molecular formula is C11H14Br2N4O. The van der Waals surface area contributed by atoms with Crippen molar-refractivity contribution in [2.75, 3.05) is 13.1 Å². The lowest BCUT2D eigenvalue weighted by Gasteiger charge is -2.31. The Labute approximate surface area is 122 Å². The minimum absolute atomic E-state index is 0.0459. The second-order valence-corrected chi connectivity index (χ2v) is 6.47. The van der Waals surface area contributed by atoms with Crippen LogP contribution in [0.25, 0.3) is 0 Å². The zero-order valence-electron chi connectivity index (χ0n) is 9.91. The summed E-state index contributed by atoms with van der Waals surface area (Å²) in [5, 5.41) is 6.49. The van der Waals surface area contributed by atoms with Crippen LogP contribution in [0, 0.1) is 11.8 Å². The second kappa shape index (κ2) is 4.61. The predicted molar refractivity (Wildman–Crippen MR) is 74.4 cm³/mol. The summed E-state index contributed by atoms with van der Waals surface area (Å²) in [6, 6.07) is 0.174. The van der Waals surface area contributed by atoms with Crippen LogP contribution in [-0.2, 0) is 6.54 Å². The van der Waals surface area contributed by atoms with Crippen LogP contribution in [0.1, 0.15) is 17.4 Å². The Bertz CT molecular complexity index is 501. The van der Waals surface area contributed by atoms with Crippen molar-refractivity contribution in [2.45, 2.75) is 19.5 Å². The average Bonchev–Trinajstić information content (AvgIpc) is 2.84. The fourth-order valence-electron chi connectivity index (χ4n) is 2.87. The van der Waals surface area contributed by atoms with E-state index in [0.717, 1.165) is 19.6 Å². The van der Waals surface area contributed by atoms with Crippen molar-refractivity contribution in [3.63, 3.8) is 0 Å². The van der Waals surface area contributed by atoms with Crippen LogP contribution in [-0.4, -0.2) is 34.6 Å². The van der Waals surface area contributed by atoms with Gasteiger partial charge in [-0.05, 0) is 50.2 Å². The summed E-state index contributed by atoms with van der Waals surface area (Å²) in [5.74, 6) is 1.02. The van der Waals surface area contributed by atoms with Gasteiger partial charge in [0.15, 0.2) is 4.73 Å². The molecule has 0 bridgehead atoms. The number of aromatic nitrogens is 2. The zero-order chi connectivity index (χ0) is 12.9. The lowest BCUT2D eigenvalue weighted by Crippen LogP contribution is -2.50. The van der Waals surface area contributed by atoms with Gasteiger partial charge in [0.25, 0.3) is 5.91 Å². The minimum Gasteiger partial charge on any atom is -0.346 e. The Morgan fingerprint density at radius 1 is 1.39 bits per heavy atom. The fourth-order valence-corrected chi connectivity index (χ4v) is 4.17. The van der Waals surface area contributed by atoms with Crippen molar-refractivity contribution in [3.05, 3.63) is 15.0 Å². The normalized spacial score (nSPS) is 31.3. The van der Waals surface area contributed by atoms with Crippen molar-refractivity contribution in [1.29, 1.82) is 0 Å². The maximum Gasteiger partial charge on any atom is 0.271 e. The van der Waals surface area contributed by atoms with E-state index in [4.69, 9.17) is 0 Å². The molecule has 7 heteroatoms. The topological polar surface area (TPSA) is 59.0 Å². The molecule has 0 aromatic carbocycles. The highest BCUT2D eigenvalue weighted by molar-refractivity contribution is 9.11. The number of hydrogen-bond donors (Lipinski definition) is 2. The van der Waals surface area contributed by atoms with Crippen LogP contribution < -0.4 is 10.6 Å². The van der Waals surface area contributed by atoms with E-state index < -0.39 is 0 Å². The summed E-state index contributed by atoms with van der Waals surface area (Å²) in [6.45, 7) is 5.00. The number of carbonyl (C=O) groups excluding carboxylic acids is 1. The summed E-state index contributed by atoms with van der Waals surface area (Å²) < 4.78 is 3.25. The molecule has 5 nitrogen and oxygen atoms in total. The van der Waals surface area contributed by atoms with Crippen molar-refractivity contribution in [1.82, 2.24) is 20.2 Å². The van der Waals surface area contributed by atoms with E-state index in [1.54, 1.807) is 0 Å². The molecule has 2 aliphatic rings. The summed E-state index contributed by atoms with van der Waals surface area (Å²) in [5.41, 5.74) is 0.608. The van der Waals surface area contributed by atoms with Gasteiger partial charge in [0.2, 0.25) is 0 Å². The molecule has 0 spiro atoms. The minimum atomic E-state index is -0.0459. The molecule has 0 radical (unpaired) electrons. The van der Waals surface area contributed by atoms with Crippen LogP contribution in [0.15, 0.2) is 9.34 Å². The van der Waals surface area contributed by atoms with Gasteiger partial charge < -0.3 is 15.2 Å². The molecule has 1 aromatic rings. The van der Waals surface area contributed by atoms with Gasteiger partial charge in [0.05, 0.1) is 6.04 Å². The molecule has 2 aliphatic heterocycles. The number of fused-ring (bicyclic) bond motifs is 1. The first-order valence-electron chi connectivity index (χ1n) is 6.01. The highest BCUT2D eigenvalue weighted by Gasteiger charge is 2.37. The Kier molecular flexibility index (Phi) is 3.23. The molecule has 1 saturated heterocycles. The van der Waals surface area contributed by atoms with E-state index in [0.29, 0.717) is 26.9 Å². The molecule has 0 aliphatic carbocycles. The third-order valence-electron chi connectivity index (χ3n) is 3.88. The van der Waals surface area contributed by atoms with E-state index in [1.165, 1.54) is 0 Å². The molecule has 3 rings (SSSR count). The molecule has 2 N–H and O–H groups in total. The van der Waals surface area contributed by atoms with Crippen LogP contribution in [0.3, 0.4) is 0 Å². The Morgan fingerprint density at radius 3 is 2.83 bits per heavy atom. The van der Waals surface area contributed by atoms with Gasteiger partial charge in [-0.1, -0.05) is 6.92 Å². The monoisotopic (exact) mass is 376 g/mol. The van der Waals surface area contributed by atoms with Gasteiger partial charge in [-0.2, -0.15) is 0 Å². The predicted octanol–water partition coefficient (Wildman–Crippen LogP) is 1.38. The Morgan fingerprint density at radius 2 is 2.17 bits per heavy atom. The first kappa shape index (κ1) is 12.6. The average molecular weight is 378 g/mol. The molecule has 1 unspecified atom stereocenters. The van der Waals surface area contributed by atoms with Crippen molar-refractivity contribution >= 4 is 37.8 Å². The summed E-state index contributed by atoms with van der Waals surface area (Å²) in [7, 11) is 0. The first-order valence-corrected chi connectivity index (χ1v) is 7.59. The second-order valence-electron chi connectivity index (χ2n) is 5.01. The van der Waals surface area contributed by atoms with Crippen LogP contribution >= 0.6 is 31.9 Å². The van der Waals surface area contributed by atoms with E-state index in [2.05, 4.69) is 54.4 Å². The SMILES string of the molecule is C[C@@H]1CNC[C@H]1C1Cn2c(Br)nc(Br)c2C(=O)N1. The largest absolute Gasteiger partial charge is 0.346 e. The van der Waals surface area contributed by atoms with Crippen molar-refractivity contribution in [3.8, 4) is 0 Å². The lowest BCUT2D eigenvalue weighted by molar-refractivity contribution is 0.0869. The Hall–Kier alpha value is -0.400. The van der Waals surface area contributed by atoms with Crippen molar-refractivity contribution in [2.24, 2.45) is 11.8 Å². The molecule has 1 fully saturated rings. The number of nitrogens with zero attached hydrogens (tertiary/aromatic N) is 2. The Balaban J connectivity index is 1.91. The maximum atomic E-state index is 12.2. The molecule has 1 aromatic heterocycles. The van der Waals surface area contributed by atoms with Crippen molar-refractivity contribution < 1.29 is 4.79 Å². The fraction of sp³-hybridized carbons (Fsp3) is 0.636. The van der Waals surface area contributed by atoms with Gasteiger partial charge in [-0.15, -0.1) is 0 Å². The number of hydrogen-bond acceptors (Lipinski definition) is 3. The zero-order valence-corrected chi connectivity index (χ0v) is 13.1. The van der Waals surface area contributed by atoms with Gasteiger partial charge >= 0.3 is 0 Å². The third-order valence-corrected chi connectivity index (χ3v) is 5.04. The number of carbonyl (C=O) groups is 1. The van der Waals surface area contributed by atoms with E-state index in [-0.39, 0.29) is 11.9 Å². The van der Waals surface area contributed by atoms with Gasteiger partial charge in [-0.25, -0.2) is 4.98 Å². The van der Waals surface area contributed by atoms with E-state index in [1.807, 2.05) is 4.57 Å². The number of halogens is 2. The van der Waals surface area contributed by atoms with Gasteiger partial charge in [0.1, 0.15) is 10.3 Å². The van der Waals surface area contributed by atoms with Crippen LogP contribution in [0.5, 0.6) is 0 Å². The van der Waals surface area contributed by atoms with Gasteiger partial charge in [-0.3, -0.25) is 4.79 Å². The molecule has 98 valence electrons. The summed E-state index contributed by atoms with van der Waals surface area (Å²) >= 11 is 6.73.